The maximum Gasteiger partial charge on any atom is 0.247 e. The van der Waals surface area contributed by atoms with Gasteiger partial charge >= 0.3 is 0 Å². The fourth-order valence-corrected chi connectivity index (χ4v) is 6.73. The molecule has 1 N–H and O–H groups in total. The number of carbonyl (C=O) groups excluding carboxylic acids is 2. The van der Waals surface area contributed by atoms with E-state index >= 15 is 0 Å². The van der Waals surface area contributed by atoms with Gasteiger partial charge in [-0.15, -0.1) is 0 Å². The molecule has 1 aromatic rings. The third-order valence-electron chi connectivity index (χ3n) is 9.21. The van der Waals surface area contributed by atoms with Crippen LogP contribution in [0.2, 0.25) is 0 Å². The Morgan fingerprint density at radius 1 is 1.23 bits per heavy atom. The number of likely N-dealkylation sites (N-methyl/N-ethyl adjacent to an activating group) is 1. The number of rotatable bonds is 5. The van der Waals surface area contributed by atoms with Crippen molar-refractivity contribution in [2.45, 2.75) is 51.1 Å². The van der Waals surface area contributed by atoms with Crippen molar-refractivity contribution in [3.8, 4) is 0 Å². The molecule has 1 saturated carbocycles. The molecule has 4 atom stereocenters. The summed E-state index contributed by atoms with van der Waals surface area (Å²) in [6, 6.07) is 2.51. The van der Waals surface area contributed by atoms with Crippen molar-refractivity contribution in [1.82, 2.24) is 25.1 Å². The van der Waals surface area contributed by atoms with Crippen LogP contribution in [0.15, 0.2) is 29.1 Å². The van der Waals surface area contributed by atoms with E-state index in [2.05, 4.69) is 44.2 Å². The highest BCUT2D eigenvalue weighted by molar-refractivity contribution is 6.00. The molecule has 3 aliphatic heterocycles. The second kappa shape index (κ2) is 8.73. The number of nitrogens with zero attached hydrogens (tertiary/aromatic N) is 5. The van der Waals surface area contributed by atoms with Crippen molar-refractivity contribution >= 4 is 24.1 Å². The van der Waals surface area contributed by atoms with Crippen LogP contribution in [0.1, 0.15) is 43.7 Å². The minimum Gasteiger partial charge on any atom is -0.352 e. The molecule has 35 heavy (non-hydrogen) atoms. The van der Waals surface area contributed by atoms with E-state index in [-0.39, 0.29) is 23.8 Å². The van der Waals surface area contributed by atoms with Gasteiger partial charge in [0.05, 0.1) is 18.0 Å². The monoisotopic (exact) mass is 476 g/mol. The summed E-state index contributed by atoms with van der Waals surface area (Å²) < 4.78 is 0. The van der Waals surface area contributed by atoms with Gasteiger partial charge in [-0.2, -0.15) is 5.10 Å². The van der Waals surface area contributed by atoms with Gasteiger partial charge in [0, 0.05) is 56.8 Å². The number of hydrogen-bond donors (Lipinski definition) is 1. The normalized spacial score (nSPS) is 31.1. The lowest BCUT2D eigenvalue weighted by molar-refractivity contribution is -0.136. The first-order valence-corrected chi connectivity index (χ1v) is 13.1. The number of likely N-dealkylation sites (tertiary alicyclic amines) is 2. The molecule has 6 rings (SSSR count). The van der Waals surface area contributed by atoms with Gasteiger partial charge in [0.1, 0.15) is 0 Å². The average molecular weight is 477 g/mol. The minimum atomic E-state index is -0.136. The van der Waals surface area contributed by atoms with E-state index in [0.29, 0.717) is 23.8 Å². The van der Waals surface area contributed by atoms with Crippen molar-refractivity contribution in [1.29, 1.82) is 0 Å². The van der Waals surface area contributed by atoms with Crippen molar-refractivity contribution in [2.24, 2.45) is 22.4 Å². The second-order valence-corrected chi connectivity index (χ2v) is 11.3. The molecule has 186 valence electrons. The number of hydrazone groups is 1. The molecule has 0 radical (unpaired) electrons. The van der Waals surface area contributed by atoms with E-state index in [0.717, 1.165) is 75.1 Å². The first-order valence-electron chi connectivity index (χ1n) is 13.1. The zero-order valence-electron chi connectivity index (χ0n) is 20.8. The lowest BCUT2D eigenvalue weighted by Crippen LogP contribution is -2.48. The number of piperidine rings is 1. The molecule has 8 heteroatoms. The van der Waals surface area contributed by atoms with E-state index < -0.39 is 0 Å². The number of pyridine rings is 1. The summed E-state index contributed by atoms with van der Waals surface area (Å²) in [6.07, 6.45) is 12.5. The average Bonchev–Trinajstić information content (AvgIpc) is 3.25. The number of fused-ring (bicyclic) bond motifs is 1. The molecule has 8 nitrogen and oxygen atoms in total. The number of carbonyl (C=O) groups is 2. The van der Waals surface area contributed by atoms with E-state index in [1.807, 2.05) is 24.6 Å². The zero-order valence-corrected chi connectivity index (χ0v) is 20.8. The molecule has 3 fully saturated rings. The van der Waals surface area contributed by atoms with Gasteiger partial charge < -0.3 is 15.1 Å². The Balaban J connectivity index is 0.966. The summed E-state index contributed by atoms with van der Waals surface area (Å²) in [5.74, 6) is 0.667. The van der Waals surface area contributed by atoms with E-state index in [1.165, 1.54) is 0 Å². The van der Waals surface area contributed by atoms with Crippen molar-refractivity contribution in [3.05, 3.63) is 35.2 Å². The van der Waals surface area contributed by atoms with E-state index in [1.54, 1.807) is 6.20 Å². The molecule has 1 spiro atoms. The summed E-state index contributed by atoms with van der Waals surface area (Å²) in [6.45, 7) is 6.64. The molecule has 2 aliphatic carbocycles. The summed E-state index contributed by atoms with van der Waals surface area (Å²) in [4.78, 5) is 34.6. The van der Waals surface area contributed by atoms with Crippen LogP contribution in [0.5, 0.6) is 0 Å². The van der Waals surface area contributed by atoms with Gasteiger partial charge in [-0.05, 0) is 80.8 Å². The summed E-state index contributed by atoms with van der Waals surface area (Å²) in [5, 5.41) is 10.0. The number of amides is 2. The van der Waals surface area contributed by atoms with Crippen LogP contribution in [0, 0.1) is 17.3 Å². The SMILES string of the molecule is CC1C(C(=O)N2CCC3(CC2)CC3CNC(=O)C2=Cc3ccncc3C2)C=NN1C1CCN(C)C1. The van der Waals surface area contributed by atoms with Crippen LogP contribution in [0.4, 0.5) is 0 Å². The van der Waals surface area contributed by atoms with Gasteiger partial charge in [-0.1, -0.05) is 0 Å². The molecule has 4 heterocycles. The lowest BCUT2D eigenvalue weighted by Gasteiger charge is -2.36. The Morgan fingerprint density at radius 3 is 2.80 bits per heavy atom. The Kier molecular flexibility index (Phi) is 5.66. The summed E-state index contributed by atoms with van der Waals surface area (Å²) in [7, 11) is 2.15. The van der Waals surface area contributed by atoms with Crippen LogP contribution in [0.25, 0.3) is 6.08 Å². The maximum atomic E-state index is 13.3. The second-order valence-electron chi connectivity index (χ2n) is 11.3. The highest BCUT2D eigenvalue weighted by atomic mass is 16.2. The van der Waals surface area contributed by atoms with Crippen molar-refractivity contribution < 1.29 is 9.59 Å². The van der Waals surface area contributed by atoms with Gasteiger partial charge in [-0.25, -0.2) is 0 Å². The first kappa shape index (κ1) is 22.7. The highest BCUT2D eigenvalue weighted by Crippen LogP contribution is 2.59. The lowest BCUT2D eigenvalue weighted by atomic mass is 9.89. The number of hydrogen-bond acceptors (Lipinski definition) is 6. The maximum absolute atomic E-state index is 13.3. The number of nitrogens with one attached hydrogen (secondary N) is 1. The first-order chi connectivity index (χ1) is 16.9. The third-order valence-corrected chi connectivity index (χ3v) is 9.21. The van der Waals surface area contributed by atoms with Crippen LogP contribution < -0.4 is 5.32 Å². The molecular weight excluding hydrogens is 440 g/mol. The quantitative estimate of drug-likeness (QED) is 0.701. The molecule has 0 aromatic carbocycles. The molecule has 1 aromatic heterocycles. The van der Waals surface area contributed by atoms with Crippen LogP contribution in [-0.2, 0) is 16.0 Å². The number of aromatic nitrogens is 1. The predicted octanol–water partition coefficient (Wildman–Crippen LogP) is 1.78. The fourth-order valence-electron chi connectivity index (χ4n) is 6.73. The van der Waals surface area contributed by atoms with Crippen LogP contribution in [-0.4, -0.2) is 89.7 Å². The fraction of sp³-hybridized carbons (Fsp3) is 0.630. The van der Waals surface area contributed by atoms with Crippen molar-refractivity contribution in [3.63, 3.8) is 0 Å². The Labute approximate surface area is 207 Å². The Hall–Kier alpha value is -2.74. The largest absolute Gasteiger partial charge is 0.352 e. The van der Waals surface area contributed by atoms with Gasteiger partial charge in [0.25, 0.3) is 0 Å². The standard InChI is InChI=1S/C27H36N6O2/c1-18-24(16-30-33(18)23-4-8-31(2)17-23)26(35)32-9-5-27(6-10-32)13-22(27)15-29-25(34)20-11-19-3-7-28-14-21(19)12-20/h3,7,11,14,16,18,22-24H,4-6,8-10,12-13,15,17H2,1-2H3,(H,29,34). The van der Waals surface area contributed by atoms with Crippen LogP contribution >= 0.6 is 0 Å². The van der Waals surface area contributed by atoms with E-state index in [4.69, 9.17) is 0 Å². The molecule has 0 bridgehead atoms. The molecular formula is C27H36N6O2. The highest BCUT2D eigenvalue weighted by Gasteiger charge is 2.55. The van der Waals surface area contributed by atoms with Crippen molar-refractivity contribution in [2.75, 3.05) is 39.8 Å². The molecule has 2 saturated heterocycles. The molecule has 5 aliphatic rings. The molecule has 2 amide bonds. The van der Waals surface area contributed by atoms with Gasteiger partial charge in [0.15, 0.2) is 0 Å². The summed E-state index contributed by atoms with van der Waals surface area (Å²) in [5.41, 5.74) is 3.36. The molecule has 4 unspecified atom stereocenters. The Bertz CT molecular complexity index is 1080. The Morgan fingerprint density at radius 2 is 2.06 bits per heavy atom. The van der Waals surface area contributed by atoms with Gasteiger partial charge in [-0.3, -0.25) is 19.6 Å². The third kappa shape index (κ3) is 4.15. The van der Waals surface area contributed by atoms with Crippen LogP contribution in [0.3, 0.4) is 0 Å². The van der Waals surface area contributed by atoms with Gasteiger partial charge in [0.2, 0.25) is 11.8 Å². The minimum absolute atomic E-state index is 0.0448. The van der Waals surface area contributed by atoms with E-state index in [9.17, 15) is 9.59 Å². The predicted molar refractivity (Wildman–Crippen MR) is 134 cm³/mol. The topological polar surface area (TPSA) is 81.1 Å². The summed E-state index contributed by atoms with van der Waals surface area (Å²) >= 11 is 0. The zero-order chi connectivity index (χ0) is 24.2. The smallest absolute Gasteiger partial charge is 0.247 e.